The highest BCUT2D eigenvalue weighted by Gasteiger charge is 2.06. The number of aliphatic hydroxyl groups excluding tert-OH is 1. The smallest absolute Gasteiger partial charge is 0.218 e. The third kappa shape index (κ3) is 2.28. The van der Waals surface area contributed by atoms with E-state index in [1.807, 2.05) is 0 Å². The van der Waals surface area contributed by atoms with Crippen molar-refractivity contribution in [3.05, 3.63) is 35.9 Å². The van der Waals surface area contributed by atoms with Crippen molar-refractivity contribution in [2.75, 3.05) is 0 Å². The zero-order chi connectivity index (χ0) is 8.10. The molecule has 0 spiro atoms. The van der Waals surface area contributed by atoms with Crippen molar-refractivity contribution in [1.29, 1.82) is 0 Å². The molecule has 0 saturated heterocycles. The fourth-order valence-corrected chi connectivity index (χ4v) is 0.714. The molecule has 1 aromatic carbocycles. The summed E-state index contributed by atoms with van der Waals surface area (Å²) in [6.45, 7) is 0. The van der Waals surface area contributed by atoms with Crippen molar-refractivity contribution in [1.82, 2.24) is 0 Å². The molecule has 1 rings (SSSR count). The third-order valence-electron chi connectivity index (χ3n) is 1.22. The first-order valence-corrected chi connectivity index (χ1v) is 3.04. The fourth-order valence-electron chi connectivity index (χ4n) is 0.714. The molecule has 60 valence electrons. The molecular weight excluding hydrogens is 148 g/mol. The van der Waals surface area contributed by atoms with E-state index >= 15 is 0 Å². The van der Waals surface area contributed by atoms with E-state index in [1.165, 1.54) is 0 Å². The van der Waals surface area contributed by atoms with Crippen molar-refractivity contribution >= 4 is 0 Å². The lowest BCUT2D eigenvalue weighted by Gasteiger charge is -2.06. The van der Waals surface area contributed by atoms with Gasteiger partial charge in [0.05, 0.1) is 0 Å². The van der Waals surface area contributed by atoms with Gasteiger partial charge in [-0.3, -0.25) is 0 Å². The van der Waals surface area contributed by atoms with Crippen molar-refractivity contribution in [3.63, 3.8) is 0 Å². The maximum Gasteiger partial charge on any atom is 0.218 e. The van der Waals surface area contributed by atoms with E-state index < -0.39 is 6.29 Å². The molecule has 1 unspecified atom stereocenters. The normalized spacial score (nSPS) is 12.9. The molecule has 2 N–H and O–H groups in total. The summed E-state index contributed by atoms with van der Waals surface area (Å²) in [5.74, 6) is 0. The lowest BCUT2D eigenvalue weighted by atomic mass is 10.2. The predicted molar refractivity (Wildman–Crippen MR) is 36.2 cm³/mol. The fraction of sp³-hybridized carbons (Fsp3) is 0.143. The molecule has 0 amide bonds. The van der Waals surface area contributed by atoms with Gasteiger partial charge in [0.1, 0.15) is 0 Å². The van der Waals surface area contributed by atoms with Crippen molar-refractivity contribution in [2.45, 2.75) is 6.29 Å². The highest BCUT2D eigenvalue weighted by molar-refractivity contribution is 5.15. The standard InChI is InChI=1S/C7H8O4/c8-7(10-11-9)6-4-2-1-3-5-6/h1-5,7-9H. The van der Waals surface area contributed by atoms with Crippen LogP contribution in [0.25, 0.3) is 0 Å². The van der Waals surface area contributed by atoms with Crippen LogP contribution >= 0.6 is 0 Å². The second-order valence-corrected chi connectivity index (χ2v) is 1.93. The zero-order valence-corrected chi connectivity index (χ0v) is 5.68. The van der Waals surface area contributed by atoms with Crippen LogP contribution in [0.15, 0.2) is 30.3 Å². The van der Waals surface area contributed by atoms with Crippen molar-refractivity contribution in [2.24, 2.45) is 0 Å². The molecule has 0 saturated carbocycles. The maximum absolute atomic E-state index is 9.01. The minimum absolute atomic E-state index is 0.515. The van der Waals surface area contributed by atoms with Crippen LogP contribution in [-0.2, 0) is 9.93 Å². The van der Waals surface area contributed by atoms with E-state index in [4.69, 9.17) is 10.4 Å². The van der Waals surface area contributed by atoms with Crippen molar-refractivity contribution < 1.29 is 20.3 Å². The minimum Gasteiger partial charge on any atom is -0.362 e. The average molecular weight is 156 g/mol. The molecule has 0 heterocycles. The molecule has 0 bridgehead atoms. The monoisotopic (exact) mass is 156 g/mol. The van der Waals surface area contributed by atoms with Gasteiger partial charge in [0.25, 0.3) is 0 Å². The number of rotatable bonds is 3. The van der Waals surface area contributed by atoms with Gasteiger partial charge in [0.15, 0.2) is 0 Å². The van der Waals surface area contributed by atoms with E-state index in [2.05, 4.69) is 9.93 Å². The van der Waals surface area contributed by atoms with Crippen LogP contribution in [0.4, 0.5) is 0 Å². The van der Waals surface area contributed by atoms with Crippen LogP contribution in [-0.4, -0.2) is 10.4 Å². The Kier molecular flexibility index (Phi) is 3.00. The highest BCUT2D eigenvalue weighted by Crippen LogP contribution is 2.12. The zero-order valence-electron chi connectivity index (χ0n) is 5.68. The maximum atomic E-state index is 9.01. The van der Waals surface area contributed by atoms with Gasteiger partial charge in [-0.1, -0.05) is 35.4 Å². The van der Waals surface area contributed by atoms with Gasteiger partial charge in [-0.15, -0.1) is 0 Å². The van der Waals surface area contributed by atoms with Crippen LogP contribution in [0.1, 0.15) is 11.9 Å². The molecular formula is C7H8O4. The van der Waals surface area contributed by atoms with E-state index in [9.17, 15) is 0 Å². The number of hydrogen-bond acceptors (Lipinski definition) is 4. The molecule has 4 heteroatoms. The summed E-state index contributed by atoms with van der Waals surface area (Å²) in [4.78, 5) is 4.04. The van der Waals surface area contributed by atoms with Crippen LogP contribution in [0.5, 0.6) is 0 Å². The Hall–Kier alpha value is -0.940. The second-order valence-electron chi connectivity index (χ2n) is 1.93. The van der Waals surface area contributed by atoms with E-state index in [0.29, 0.717) is 5.56 Å². The van der Waals surface area contributed by atoms with E-state index in [-0.39, 0.29) is 0 Å². The molecule has 1 aromatic rings. The summed E-state index contributed by atoms with van der Waals surface area (Å²) in [6, 6.07) is 8.56. The first kappa shape index (κ1) is 8.16. The Morgan fingerprint density at radius 1 is 1.18 bits per heavy atom. The van der Waals surface area contributed by atoms with Crippen LogP contribution in [0.2, 0.25) is 0 Å². The number of aliphatic hydroxyl groups is 1. The molecule has 11 heavy (non-hydrogen) atoms. The Morgan fingerprint density at radius 3 is 2.36 bits per heavy atom. The highest BCUT2D eigenvalue weighted by atomic mass is 17.5. The third-order valence-corrected chi connectivity index (χ3v) is 1.22. The van der Waals surface area contributed by atoms with Crippen LogP contribution in [0, 0.1) is 0 Å². The van der Waals surface area contributed by atoms with Crippen LogP contribution < -0.4 is 0 Å². The lowest BCUT2D eigenvalue weighted by molar-refractivity contribution is -0.530. The molecule has 1 atom stereocenters. The summed E-state index contributed by atoms with van der Waals surface area (Å²) in [5, 5.41) is 20.1. The SMILES string of the molecule is OOOC(O)c1ccccc1. The predicted octanol–water partition coefficient (Wildman–Crippen LogP) is 1.10. The van der Waals surface area contributed by atoms with Gasteiger partial charge in [0, 0.05) is 5.56 Å². The summed E-state index contributed by atoms with van der Waals surface area (Å²) in [7, 11) is 0. The van der Waals surface area contributed by atoms with Gasteiger partial charge in [-0.2, -0.15) is 4.89 Å². The van der Waals surface area contributed by atoms with E-state index in [0.717, 1.165) is 0 Å². The lowest BCUT2D eigenvalue weighted by Crippen LogP contribution is -2.01. The van der Waals surface area contributed by atoms with Gasteiger partial charge in [-0.25, -0.2) is 5.26 Å². The average Bonchev–Trinajstić information content (AvgIpc) is 2.07. The first-order valence-electron chi connectivity index (χ1n) is 3.04. The molecule has 0 aliphatic rings. The molecule has 0 radical (unpaired) electrons. The van der Waals surface area contributed by atoms with Gasteiger partial charge in [0.2, 0.25) is 6.29 Å². The Morgan fingerprint density at radius 2 is 1.82 bits per heavy atom. The van der Waals surface area contributed by atoms with Crippen molar-refractivity contribution in [3.8, 4) is 0 Å². The molecule has 0 aliphatic heterocycles. The summed E-state index contributed by atoms with van der Waals surface area (Å²) < 4.78 is 0. The second kappa shape index (κ2) is 4.05. The molecule has 0 aliphatic carbocycles. The molecule has 0 aromatic heterocycles. The van der Waals surface area contributed by atoms with Gasteiger partial charge < -0.3 is 5.11 Å². The summed E-state index contributed by atoms with van der Waals surface area (Å²) in [5.41, 5.74) is 0.515. The van der Waals surface area contributed by atoms with Crippen LogP contribution in [0.3, 0.4) is 0 Å². The summed E-state index contributed by atoms with van der Waals surface area (Å²) >= 11 is 0. The molecule has 0 fully saturated rings. The minimum atomic E-state index is -1.25. The Labute approximate surface area is 63.5 Å². The quantitative estimate of drug-likeness (QED) is 0.391. The first-order chi connectivity index (χ1) is 5.34. The Bertz CT molecular complexity index is 199. The van der Waals surface area contributed by atoms with Gasteiger partial charge >= 0.3 is 0 Å². The number of hydrogen-bond donors (Lipinski definition) is 2. The Balaban J connectivity index is 2.61. The summed E-state index contributed by atoms with van der Waals surface area (Å²) in [6.07, 6.45) is -1.25. The van der Waals surface area contributed by atoms with Gasteiger partial charge in [-0.05, 0) is 0 Å². The molecule has 4 nitrogen and oxygen atoms in total. The van der Waals surface area contributed by atoms with E-state index in [1.54, 1.807) is 30.3 Å². The topological polar surface area (TPSA) is 58.9 Å². The number of benzene rings is 1. The largest absolute Gasteiger partial charge is 0.362 e.